The fraction of sp³-hybridized carbons (Fsp3) is 0.400. The lowest BCUT2D eigenvalue weighted by Crippen LogP contribution is -2.61. The monoisotopic (exact) mass is 498 g/mol. The predicted octanol–water partition coefficient (Wildman–Crippen LogP) is 2.23. The molecule has 35 heavy (non-hydrogen) atoms. The first-order chi connectivity index (χ1) is 16.6. The third-order valence-electron chi connectivity index (χ3n) is 6.09. The van der Waals surface area contributed by atoms with Crippen LogP contribution in [0.4, 0.5) is 0 Å². The Morgan fingerprint density at radius 3 is 2.43 bits per heavy atom. The fourth-order valence-electron chi connectivity index (χ4n) is 3.95. The summed E-state index contributed by atoms with van der Waals surface area (Å²) in [5, 5.41) is 12.2. The molecule has 0 bridgehead atoms. The van der Waals surface area contributed by atoms with E-state index >= 15 is 0 Å². The molecule has 9 nitrogen and oxygen atoms in total. The van der Waals surface area contributed by atoms with Crippen LogP contribution in [0.5, 0.6) is 5.75 Å². The summed E-state index contributed by atoms with van der Waals surface area (Å²) < 4.78 is 33.2. The normalized spacial score (nSPS) is 16.6. The molecule has 186 valence electrons. The van der Waals surface area contributed by atoms with Crippen LogP contribution in [-0.4, -0.2) is 62.2 Å². The number of rotatable bonds is 7. The van der Waals surface area contributed by atoms with Gasteiger partial charge in [0.2, 0.25) is 21.8 Å². The van der Waals surface area contributed by atoms with E-state index in [1.54, 1.807) is 0 Å². The van der Waals surface area contributed by atoms with E-state index in [2.05, 4.69) is 19.2 Å². The van der Waals surface area contributed by atoms with Crippen molar-refractivity contribution < 1.29 is 22.7 Å². The molecule has 0 saturated carbocycles. The minimum Gasteiger partial charge on any atom is -0.495 e. The van der Waals surface area contributed by atoms with Crippen LogP contribution in [0.15, 0.2) is 47.4 Å². The van der Waals surface area contributed by atoms with Gasteiger partial charge in [-0.25, -0.2) is 8.42 Å². The van der Waals surface area contributed by atoms with Crippen molar-refractivity contribution in [1.29, 1.82) is 5.26 Å². The van der Waals surface area contributed by atoms with Gasteiger partial charge < -0.3 is 15.0 Å². The highest BCUT2D eigenvalue weighted by atomic mass is 32.2. The molecule has 1 aliphatic heterocycles. The van der Waals surface area contributed by atoms with Gasteiger partial charge in [0.1, 0.15) is 17.9 Å². The summed E-state index contributed by atoms with van der Waals surface area (Å²) in [7, 11) is -2.74. The average molecular weight is 499 g/mol. The van der Waals surface area contributed by atoms with Crippen molar-refractivity contribution in [2.75, 3.05) is 26.7 Å². The molecule has 1 heterocycles. The highest BCUT2D eigenvalue weighted by Crippen LogP contribution is 2.27. The zero-order valence-corrected chi connectivity index (χ0v) is 21.1. The number of carbonyl (C=O) groups excluding carboxylic acids is 2. The van der Waals surface area contributed by atoms with E-state index in [0.29, 0.717) is 5.92 Å². The van der Waals surface area contributed by atoms with Crippen LogP contribution < -0.4 is 10.1 Å². The molecule has 1 saturated heterocycles. The number of amides is 2. The second-order valence-corrected chi connectivity index (χ2v) is 10.6. The van der Waals surface area contributed by atoms with Crippen molar-refractivity contribution >= 4 is 21.8 Å². The summed E-state index contributed by atoms with van der Waals surface area (Å²) in [6.45, 7) is 5.86. The van der Waals surface area contributed by atoms with Gasteiger partial charge in [0.25, 0.3) is 0 Å². The molecule has 1 atom stereocenters. The van der Waals surface area contributed by atoms with Crippen molar-refractivity contribution in [2.45, 2.75) is 44.2 Å². The molecular formula is C25H30N4O5S. The van der Waals surface area contributed by atoms with Crippen LogP contribution in [0.25, 0.3) is 0 Å². The number of hydrogen-bond acceptors (Lipinski definition) is 6. The summed E-state index contributed by atoms with van der Waals surface area (Å²) in [5.41, 5.74) is 2.13. The molecule has 0 aliphatic carbocycles. The Morgan fingerprint density at radius 1 is 1.17 bits per heavy atom. The quantitative estimate of drug-likeness (QED) is 0.625. The molecule has 2 amide bonds. The Hall–Kier alpha value is -3.42. The number of nitrogens with zero attached hydrogens (tertiary/aromatic N) is 3. The molecule has 0 unspecified atom stereocenters. The van der Waals surface area contributed by atoms with Crippen LogP contribution in [0.2, 0.25) is 0 Å². The first kappa shape index (κ1) is 26.2. The second-order valence-electron chi connectivity index (χ2n) is 8.68. The number of nitriles is 1. The lowest BCUT2D eigenvalue weighted by Gasteiger charge is -2.39. The van der Waals surface area contributed by atoms with Gasteiger partial charge in [0.05, 0.1) is 17.6 Å². The van der Waals surface area contributed by atoms with E-state index in [9.17, 15) is 23.3 Å². The van der Waals surface area contributed by atoms with Gasteiger partial charge in [0.15, 0.2) is 0 Å². The first-order valence-corrected chi connectivity index (χ1v) is 12.7. The van der Waals surface area contributed by atoms with E-state index in [1.807, 2.05) is 30.3 Å². The van der Waals surface area contributed by atoms with Crippen molar-refractivity contribution in [1.82, 2.24) is 14.5 Å². The lowest BCUT2D eigenvalue weighted by molar-refractivity contribution is -0.134. The topological polar surface area (TPSA) is 120 Å². The molecule has 10 heteroatoms. The zero-order chi connectivity index (χ0) is 25.8. The van der Waals surface area contributed by atoms with Crippen LogP contribution in [0.3, 0.4) is 0 Å². The number of ether oxygens (including phenoxy) is 1. The number of sulfonamides is 1. The summed E-state index contributed by atoms with van der Waals surface area (Å²) in [6, 6.07) is 12.6. The standard InChI is InChI=1S/C25H30N4O5S/c1-17(2)20-7-5-19(6-8-20)15-27-25(31)23-16-28(18(3)30)11-12-29(23)35(32,33)22-9-10-24(34-4)21(13-22)14-26/h5-10,13,17,23H,11-12,15-16H2,1-4H3,(H,27,31)/t23-/m1/s1. The second kappa shape index (κ2) is 10.9. The van der Waals surface area contributed by atoms with Crippen LogP contribution in [0.1, 0.15) is 43.4 Å². The van der Waals surface area contributed by atoms with Gasteiger partial charge >= 0.3 is 0 Å². The Morgan fingerprint density at radius 2 is 1.86 bits per heavy atom. The third kappa shape index (κ3) is 5.81. The first-order valence-electron chi connectivity index (χ1n) is 11.3. The van der Waals surface area contributed by atoms with Crippen LogP contribution in [-0.2, 0) is 26.2 Å². The number of piperazine rings is 1. The maximum Gasteiger partial charge on any atom is 0.243 e. The molecule has 0 radical (unpaired) electrons. The molecule has 3 rings (SSSR count). The molecular weight excluding hydrogens is 468 g/mol. The Labute approximate surface area is 206 Å². The van der Waals surface area contributed by atoms with Gasteiger partial charge in [-0.2, -0.15) is 9.57 Å². The minimum atomic E-state index is -4.13. The maximum atomic E-state index is 13.5. The van der Waals surface area contributed by atoms with Crippen molar-refractivity contribution in [3.63, 3.8) is 0 Å². The van der Waals surface area contributed by atoms with Gasteiger partial charge in [-0.1, -0.05) is 38.1 Å². The number of benzene rings is 2. The highest BCUT2D eigenvalue weighted by molar-refractivity contribution is 7.89. The third-order valence-corrected chi connectivity index (χ3v) is 7.99. The smallest absolute Gasteiger partial charge is 0.243 e. The van der Waals surface area contributed by atoms with Crippen LogP contribution in [0, 0.1) is 11.3 Å². The Bertz CT molecular complexity index is 1240. The van der Waals surface area contributed by atoms with Crippen LogP contribution >= 0.6 is 0 Å². The number of carbonyl (C=O) groups is 2. The number of nitrogens with one attached hydrogen (secondary N) is 1. The lowest BCUT2D eigenvalue weighted by atomic mass is 10.0. The molecule has 1 aliphatic rings. The minimum absolute atomic E-state index is 0.0446. The summed E-state index contributed by atoms with van der Waals surface area (Å²) in [5.74, 6) is -0.0934. The van der Waals surface area contributed by atoms with Crippen molar-refractivity contribution in [3.8, 4) is 11.8 Å². The van der Waals surface area contributed by atoms with Gasteiger partial charge in [0, 0.05) is 33.1 Å². The van der Waals surface area contributed by atoms with E-state index in [1.165, 1.54) is 42.7 Å². The Kier molecular flexibility index (Phi) is 8.14. The molecule has 0 aromatic heterocycles. The summed E-state index contributed by atoms with van der Waals surface area (Å²) in [6.07, 6.45) is 0. The van der Waals surface area contributed by atoms with E-state index < -0.39 is 22.0 Å². The Balaban J connectivity index is 1.86. The predicted molar refractivity (Wildman–Crippen MR) is 130 cm³/mol. The molecule has 1 N–H and O–H groups in total. The van der Waals surface area contributed by atoms with E-state index in [4.69, 9.17) is 4.74 Å². The largest absolute Gasteiger partial charge is 0.495 e. The SMILES string of the molecule is COc1ccc(S(=O)(=O)N2CCN(C(C)=O)C[C@@H]2C(=O)NCc2ccc(C(C)C)cc2)cc1C#N. The maximum absolute atomic E-state index is 13.5. The molecule has 2 aromatic carbocycles. The van der Waals surface area contributed by atoms with Gasteiger partial charge in [-0.05, 0) is 35.2 Å². The zero-order valence-electron chi connectivity index (χ0n) is 20.3. The highest BCUT2D eigenvalue weighted by Gasteiger charge is 2.41. The van der Waals surface area contributed by atoms with Gasteiger partial charge in [-0.3, -0.25) is 9.59 Å². The number of hydrogen-bond donors (Lipinski definition) is 1. The van der Waals surface area contributed by atoms with Crippen molar-refractivity contribution in [2.24, 2.45) is 0 Å². The summed E-state index contributed by atoms with van der Waals surface area (Å²) in [4.78, 5) is 26.5. The molecule has 0 spiro atoms. The van der Waals surface area contributed by atoms with E-state index in [0.717, 1.165) is 9.87 Å². The van der Waals surface area contributed by atoms with Crippen molar-refractivity contribution in [3.05, 3.63) is 59.2 Å². The number of methoxy groups -OCH3 is 1. The summed E-state index contributed by atoms with van der Waals surface area (Å²) >= 11 is 0. The fourth-order valence-corrected chi connectivity index (χ4v) is 5.55. The van der Waals surface area contributed by atoms with Gasteiger partial charge in [-0.15, -0.1) is 0 Å². The molecule has 2 aromatic rings. The average Bonchev–Trinajstić information content (AvgIpc) is 2.86. The molecule has 1 fully saturated rings. The van der Waals surface area contributed by atoms with E-state index in [-0.39, 0.29) is 48.3 Å².